The topological polar surface area (TPSA) is 43.9 Å². The van der Waals surface area contributed by atoms with Crippen molar-refractivity contribution in [1.82, 2.24) is 0 Å². The average Bonchev–Trinajstić information content (AvgIpc) is 2.43. The first-order valence-electron chi connectivity index (χ1n) is 8.37. The van der Waals surface area contributed by atoms with Crippen molar-refractivity contribution in [2.45, 2.75) is 53.4 Å². The minimum Gasteiger partial charge on any atom is -0.422 e. The van der Waals surface area contributed by atoms with E-state index in [1.54, 1.807) is 6.07 Å². The first-order valence-corrected chi connectivity index (χ1v) is 8.37. The summed E-state index contributed by atoms with van der Waals surface area (Å²) < 4.78 is 11.4. The minimum atomic E-state index is -0.255. The summed E-state index contributed by atoms with van der Waals surface area (Å²) in [5.41, 5.74) is 4.98. The fourth-order valence-corrected chi connectivity index (χ4v) is 3.86. The summed E-state index contributed by atoms with van der Waals surface area (Å²) in [5, 5.41) is 1.10. The molecule has 0 spiro atoms. The number of hydrogen-bond donors (Lipinski definition) is 1. The Morgan fingerprint density at radius 2 is 1.74 bits per heavy atom. The van der Waals surface area contributed by atoms with Crippen LogP contribution < -0.4 is 10.5 Å². The second kappa shape index (κ2) is 6.10. The molecule has 1 fully saturated rings. The highest BCUT2D eigenvalue weighted by molar-refractivity contribution is 5.87. The molecule has 1 unspecified atom stereocenters. The van der Waals surface area contributed by atoms with Crippen LogP contribution in [0.5, 0.6) is 0 Å². The number of benzene rings is 1. The van der Waals surface area contributed by atoms with Gasteiger partial charge in [0, 0.05) is 17.0 Å². The number of nitrogens with one attached hydrogen (secondary N) is 1. The molecule has 1 aliphatic heterocycles. The van der Waals surface area contributed by atoms with Gasteiger partial charge in [-0.1, -0.05) is 6.07 Å². The van der Waals surface area contributed by atoms with Gasteiger partial charge in [0.2, 0.25) is 0 Å². The van der Waals surface area contributed by atoms with E-state index in [1.807, 2.05) is 6.92 Å². The Morgan fingerprint density at radius 1 is 1.09 bits per heavy atom. The van der Waals surface area contributed by atoms with Gasteiger partial charge in [-0.15, -0.1) is 0 Å². The first-order chi connectivity index (χ1) is 10.8. The van der Waals surface area contributed by atoms with E-state index >= 15 is 0 Å². The van der Waals surface area contributed by atoms with Crippen molar-refractivity contribution in [2.24, 2.45) is 0 Å². The Kier molecular flexibility index (Phi) is 4.30. The van der Waals surface area contributed by atoms with Crippen molar-refractivity contribution in [3.8, 4) is 0 Å². The molecule has 0 bridgehead atoms. The predicted octanol–water partition coefficient (Wildman–Crippen LogP) is 1.91. The summed E-state index contributed by atoms with van der Waals surface area (Å²) >= 11 is 0. The predicted molar refractivity (Wildman–Crippen MR) is 91.1 cm³/mol. The van der Waals surface area contributed by atoms with Crippen LogP contribution in [0.15, 0.2) is 21.3 Å². The van der Waals surface area contributed by atoms with Crippen LogP contribution in [0.3, 0.4) is 0 Å². The molecule has 2 heterocycles. The molecular formula is C19H26NO3+. The summed E-state index contributed by atoms with van der Waals surface area (Å²) in [6, 6.07) is 3.85. The number of ether oxygens (including phenoxy) is 1. The molecule has 1 N–H and O–H groups in total. The highest BCUT2D eigenvalue weighted by Crippen LogP contribution is 2.26. The third-order valence-corrected chi connectivity index (χ3v) is 4.86. The van der Waals surface area contributed by atoms with Crippen molar-refractivity contribution in [1.29, 1.82) is 0 Å². The smallest absolute Gasteiger partial charge is 0.336 e. The van der Waals surface area contributed by atoms with Crippen LogP contribution in [0.1, 0.15) is 36.1 Å². The van der Waals surface area contributed by atoms with Crippen LogP contribution in [0.4, 0.5) is 0 Å². The molecule has 1 aromatic heterocycles. The van der Waals surface area contributed by atoms with Gasteiger partial charge in [-0.25, -0.2) is 4.79 Å². The van der Waals surface area contributed by atoms with Gasteiger partial charge in [0.05, 0.1) is 0 Å². The Hall–Kier alpha value is -1.65. The van der Waals surface area contributed by atoms with Crippen LogP contribution in [0, 0.1) is 20.8 Å². The number of morpholine rings is 1. The highest BCUT2D eigenvalue weighted by atomic mass is 16.5. The van der Waals surface area contributed by atoms with E-state index in [2.05, 4.69) is 33.8 Å². The molecule has 0 amide bonds. The molecule has 3 atom stereocenters. The maximum absolute atomic E-state index is 12.0. The Balaban J connectivity index is 2.07. The molecule has 124 valence electrons. The highest BCUT2D eigenvalue weighted by Gasteiger charge is 2.26. The van der Waals surface area contributed by atoms with E-state index < -0.39 is 0 Å². The van der Waals surface area contributed by atoms with Gasteiger partial charge in [-0.3, -0.25) is 0 Å². The lowest BCUT2D eigenvalue weighted by atomic mass is 9.97. The fraction of sp³-hybridized carbons (Fsp3) is 0.526. The quantitative estimate of drug-likeness (QED) is 0.861. The molecule has 2 aromatic rings. The van der Waals surface area contributed by atoms with E-state index in [0.29, 0.717) is 0 Å². The largest absolute Gasteiger partial charge is 0.422 e. The molecule has 1 aliphatic rings. The van der Waals surface area contributed by atoms with E-state index in [9.17, 15) is 4.79 Å². The molecule has 0 radical (unpaired) electrons. The van der Waals surface area contributed by atoms with Crippen molar-refractivity contribution < 1.29 is 14.1 Å². The zero-order chi connectivity index (χ0) is 16.7. The average molecular weight is 316 g/mol. The lowest BCUT2D eigenvalue weighted by molar-refractivity contribution is -0.928. The summed E-state index contributed by atoms with van der Waals surface area (Å²) in [7, 11) is 0. The fourth-order valence-electron chi connectivity index (χ4n) is 3.86. The molecule has 0 aliphatic carbocycles. The molecule has 3 rings (SSSR count). The standard InChI is InChI=1S/C19H25NO3/c1-11-6-12(2)18-16(7-17(21)23-19(18)15(11)5)10-20-8-13(3)22-14(4)9-20/h6-7,13-14H,8-10H2,1-5H3/p+1/t13-,14+. The molecule has 0 saturated carbocycles. The van der Waals surface area contributed by atoms with Crippen LogP contribution in [-0.4, -0.2) is 25.3 Å². The Labute approximate surface area is 137 Å². The molecule has 1 saturated heterocycles. The first kappa shape index (κ1) is 16.2. The monoisotopic (exact) mass is 316 g/mol. The minimum absolute atomic E-state index is 0.255. The molecule has 1 aromatic carbocycles. The Morgan fingerprint density at radius 3 is 2.39 bits per heavy atom. The second-order valence-corrected chi connectivity index (χ2v) is 7.02. The van der Waals surface area contributed by atoms with Crippen LogP contribution in [0.2, 0.25) is 0 Å². The normalized spacial score (nSPS) is 25.0. The number of fused-ring (bicyclic) bond motifs is 1. The van der Waals surface area contributed by atoms with Gasteiger partial charge in [0.15, 0.2) is 0 Å². The number of quaternary nitrogens is 1. The molecule has 4 nitrogen and oxygen atoms in total. The van der Waals surface area contributed by atoms with Gasteiger partial charge in [0.25, 0.3) is 0 Å². The van der Waals surface area contributed by atoms with Gasteiger partial charge < -0.3 is 14.1 Å². The Bertz CT molecular complexity index is 783. The van der Waals surface area contributed by atoms with Gasteiger partial charge in [0.1, 0.15) is 37.4 Å². The summed E-state index contributed by atoms with van der Waals surface area (Å²) in [6.45, 7) is 13.2. The van der Waals surface area contributed by atoms with Crippen LogP contribution in [0.25, 0.3) is 11.0 Å². The molecular weight excluding hydrogens is 290 g/mol. The van der Waals surface area contributed by atoms with Crippen molar-refractivity contribution in [3.05, 3.63) is 44.8 Å². The van der Waals surface area contributed by atoms with Crippen LogP contribution in [-0.2, 0) is 11.3 Å². The number of rotatable bonds is 2. The summed E-state index contributed by atoms with van der Waals surface area (Å²) in [5.74, 6) is 0. The van der Waals surface area contributed by atoms with Crippen molar-refractivity contribution >= 4 is 11.0 Å². The molecule has 4 heteroatoms. The van der Waals surface area contributed by atoms with Crippen molar-refractivity contribution in [2.75, 3.05) is 13.1 Å². The second-order valence-electron chi connectivity index (χ2n) is 7.02. The van der Waals surface area contributed by atoms with Gasteiger partial charge in [-0.05, 0) is 51.3 Å². The van der Waals surface area contributed by atoms with Crippen LogP contribution >= 0.6 is 0 Å². The summed E-state index contributed by atoms with van der Waals surface area (Å²) in [6.07, 6.45) is 0.510. The maximum atomic E-state index is 12.0. The lowest BCUT2D eigenvalue weighted by Gasteiger charge is -2.32. The zero-order valence-electron chi connectivity index (χ0n) is 14.7. The number of hydrogen-bond acceptors (Lipinski definition) is 3. The third-order valence-electron chi connectivity index (χ3n) is 4.86. The van der Waals surface area contributed by atoms with Gasteiger partial charge in [-0.2, -0.15) is 0 Å². The molecule has 23 heavy (non-hydrogen) atoms. The maximum Gasteiger partial charge on any atom is 0.336 e. The third kappa shape index (κ3) is 3.19. The SMILES string of the molecule is Cc1cc(C)c2c(C[NH+]3C[C@@H](C)O[C@@H](C)C3)cc(=O)oc2c1C. The van der Waals surface area contributed by atoms with Gasteiger partial charge >= 0.3 is 5.63 Å². The van der Waals surface area contributed by atoms with E-state index in [4.69, 9.17) is 9.15 Å². The summed E-state index contributed by atoms with van der Waals surface area (Å²) in [4.78, 5) is 13.5. The van der Waals surface area contributed by atoms with E-state index in [0.717, 1.165) is 47.3 Å². The lowest BCUT2D eigenvalue weighted by Crippen LogP contribution is -3.14. The zero-order valence-corrected chi connectivity index (χ0v) is 14.7. The van der Waals surface area contributed by atoms with E-state index in [-0.39, 0.29) is 17.8 Å². The number of aryl methyl sites for hydroxylation is 3. The van der Waals surface area contributed by atoms with E-state index in [1.165, 1.54) is 10.5 Å². The van der Waals surface area contributed by atoms with Crippen molar-refractivity contribution in [3.63, 3.8) is 0 Å².